The number of fused-ring (bicyclic) bond motifs is 4. The standard InChI is InChI=1S/C16H12N6OS/c1-10-18-21(9-20-12-5-3-2-4-11(12)17-19-20)16(23)14-8-15-13(22(10)14)6-7-24-15/h2-8H,9H2,1H3. The molecule has 0 unspecified atom stereocenters. The molecule has 0 saturated carbocycles. The molecule has 118 valence electrons. The lowest BCUT2D eigenvalue weighted by molar-refractivity contribution is 0.473. The molecule has 5 rings (SSSR count). The summed E-state index contributed by atoms with van der Waals surface area (Å²) < 4.78 is 6.12. The van der Waals surface area contributed by atoms with Crippen LogP contribution in [0.2, 0.25) is 0 Å². The highest BCUT2D eigenvalue weighted by molar-refractivity contribution is 7.17. The van der Waals surface area contributed by atoms with Crippen molar-refractivity contribution in [1.82, 2.24) is 29.2 Å². The van der Waals surface area contributed by atoms with Crippen LogP contribution in [-0.2, 0) is 6.67 Å². The molecule has 5 aromatic rings. The summed E-state index contributed by atoms with van der Waals surface area (Å²) in [5, 5.41) is 14.7. The first-order valence-electron chi connectivity index (χ1n) is 7.47. The minimum absolute atomic E-state index is 0.136. The van der Waals surface area contributed by atoms with Gasteiger partial charge in [0.2, 0.25) is 0 Å². The second-order valence-electron chi connectivity index (χ2n) is 5.61. The minimum atomic E-state index is -0.136. The van der Waals surface area contributed by atoms with E-state index in [4.69, 9.17) is 0 Å². The Morgan fingerprint density at radius 3 is 2.88 bits per heavy atom. The Morgan fingerprint density at radius 2 is 1.96 bits per heavy atom. The van der Waals surface area contributed by atoms with Crippen molar-refractivity contribution in [2.75, 3.05) is 0 Å². The van der Waals surface area contributed by atoms with Crippen molar-refractivity contribution < 1.29 is 0 Å². The first-order valence-corrected chi connectivity index (χ1v) is 8.35. The molecule has 8 heteroatoms. The van der Waals surface area contributed by atoms with Crippen molar-refractivity contribution in [2.45, 2.75) is 13.6 Å². The molecule has 4 heterocycles. The molecule has 7 nitrogen and oxygen atoms in total. The monoisotopic (exact) mass is 336 g/mol. The third kappa shape index (κ3) is 1.77. The molecule has 0 amide bonds. The van der Waals surface area contributed by atoms with E-state index in [-0.39, 0.29) is 12.2 Å². The van der Waals surface area contributed by atoms with Crippen LogP contribution in [0.4, 0.5) is 0 Å². The van der Waals surface area contributed by atoms with Crippen LogP contribution < -0.4 is 5.56 Å². The van der Waals surface area contributed by atoms with Crippen molar-refractivity contribution in [3.8, 4) is 0 Å². The molecule has 0 aliphatic heterocycles. The maximum absolute atomic E-state index is 12.8. The number of para-hydroxylation sites is 1. The van der Waals surface area contributed by atoms with Gasteiger partial charge in [0, 0.05) is 0 Å². The summed E-state index contributed by atoms with van der Waals surface area (Å²) in [6.45, 7) is 2.13. The topological polar surface area (TPSA) is 70.0 Å². The van der Waals surface area contributed by atoms with Gasteiger partial charge in [0.05, 0.1) is 15.7 Å². The van der Waals surface area contributed by atoms with E-state index >= 15 is 0 Å². The lowest BCUT2D eigenvalue weighted by Gasteiger charge is -2.08. The van der Waals surface area contributed by atoms with Crippen LogP contribution in [0.1, 0.15) is 5.82 Å². The Bertz CT molecular complexity index is 1270. The fourth-order valence-electron chi connectivity index (χ4n) is 3.07. The number of aromatic nitrogens is 6. The van der Waals surface area contributed by atoms with Crippen LogP contribution in [-0.4, -0.2) is 29.2 Å². The van der Waals surface area contributed by atoms with E-state index in [1.165, 1.54) is 4.68 Å². The summed E-state index contributed by atoms with van der Waals surface area (Å²) in [5.74, 6) is 0.766. The molecule has 0 atom stereocenters. The number of benzene rings is 1. The quantitative estimate of drug-likeness (QED) is 0.496. The van der Waals surface area contributed by atoms with E-state index in [0.717, 1.165) is 27.1 Å². The van der Waals surface area contributed by atoms with Crippen molar-refractivity contribution in [1.29, 1.82) is 0 Å². The molecule has 0 aliphatic rings. The predicted octanol–water partition coefficient (Wildman–Crippen LogP) is 2.27. The maximum atomic E-state index is 12.8. The fraction of sp³-hybridized carbons (Fsp3) is 0.125. The van der Waals surface area contributed by atoms with Crippen LogP contribution in [0.5, 0.6) is 0 Å². The van der Waals surface area contributed by atoms with Crippen LogP contribution in [0, 0.1) is 6.92 Å². The average molecular weight is 336 g/mol. The summed E-state index contributed by atoms with van der Waals surface area (Å²) in [7, 11) is 0. The van der Waals surface area contributed by atoms with Crippen molar-refractivity contribution in [3.05, 3.63) is 58.0 Å². The number of hydrogen-bond acceptors (Lipinski definition) is 5. The largest absolute Gasteiger partial charge is 0.292 e. The predicted molar refractivity (Wildman–Crippen MR) is 92.5 cm³/mol. The zero-order valence-electron chi connectivity index (χ0n) is 12.7. The van der Waals surface area contributed by atoms with Crippen molar-refractivity contribution in [2.24, 2.45) is 0 Å². The van der Waals surface area contributed by atoms with Gasteiger partial charge in [-0.1, -0.05) is 17.3 Å². The van der Waals surface area contributed by atoms with Crippen LogP contribution >= 0.6 is 11.3 Å². The lowest BCUT2D eigenvalue weighted by atomic mass is 10.3. The number of nitrogens with zero attached hydrogens (tertiary/aromatic N) is 6. The maximum Gasteiger partial charge on any atom is 0.292 e. The first-order chi connectivity index (χ1) is 11.7. The van der Waals surface area contributed by atoms with Gasteiger partial charge in [0.1, 0.15) is 23.5 Å². The molecule has 4 aromatic heterocycles. The Kier molecular flexibility index (Phi) is 2.66. The van der Waals surface area contributed by atoms with E-state index in [1.807, 2.05) is 53.1 Å². The molecular formula is C16H12N6OS. The summed E-state index contributed by atoms with van der Waals surface area (Å²) in [6, 6.07) is 11.6. The number of hydrogen-bond donors (Lipinski definition) is 0. The number of aryl methyl sites for hydroxylation is 1. The van der Waals surface area contributed by atoms with Gasteiger partial charge in [-0.05, 0) is 36.6 Å². The van der Waals surface area contributed by atoms with Gasteiger partial charge in [-0.15, -0.1) is 16.4 Å². The van der Waals surface area contributed by atoms with Gasteiger partial charge >= 0.3 is 0 Å². The van der Waals surface area contributed by atoms with Gasteiger partial charge in [0.15, 0.2) is 0 Å². The fourth-order valence-corrected chi connectivity index (χ4v) is 3.88. The molecule has 0 radical (unpaired) electrons. The Hall–Kier alpha value is -3.00. The second-order valence-corrected chi connectivity index (χ2v) is 6.55. The van der Waals surface area contributed by atoms with Crippen molar-refractivity contribution in [3.63, 3.8) is 0 Å². The number of rotatable bonds is 2. The van der Waals surface area contributed by atoms with Crippen LogP contribution in [0.15, 0.2) is 46.6 Å². The first kappa shape index (κ1) is 13.4. The van der Waals surface area contributed by atoms with Gasteiger partial charge < -0.3 is 0 Å². The summed E-state index contributed by atoms with van der Waals surface area (Å²) in [4.78, 5) is 12.8. The van der Waals surface area contributed by atoms with Gasteiger partial charge in [-0.2, -0.15) is 5.10 Å². The Labute approximate surface area is 139 Å². The molecule has 1 aromatic carbocycles. The normalized spacial score (nSPS) is 11.9. The smallest absolute Gasteiger partial charge is 0.291 e. The number of thiophene rings is 1. The van der Waals surface area contributed by atoms with Gasteiger partial charge in [-0.25, -0.2) is 9.36 Å². The Morgan fingerprint density at radius 1 is 1.08 bits per heavy atom. The zero-order chi connectivity index (χ0) is 16.3. The Balaban J connectivity index is 1.72. The van der Waals surface area contributed by atoms with E-state index < -0.39 is 0 Å². The second kappa shape index (κ2) is 4.75. The molecule has 24 heavy (non-hydrogen) atoms. The van der Waals surface area contributed by atoms with Gasteiger partial charge in [0.25, 0.3) is 5.56 Å². The van der Waals surface area contributed by atoms with Crippen LogP contribution in [0.25, 0.3) is 26.8 Å². The highest BCUT2D eigenvalue weighted by atomic mass is 32.1. The molecule has 0 spiro atoms. The van der Waals surface area contributed by atoms with E-state index in [2.05, 4.69) is 15.4 Å². The molecule has 0 bridgehead atoms. The lowest BCUT2D eigenvalue weighted by Crippen LogP contribution is -2.29. The highest BCUT2D eigenvalue weighted by Crippen LogP contribution is 2.24. The van der Waals surface area contributed by atoms with Gasteiger partial charge in [-0.3, -0.25) is 9.20 Å². The molecular weight excluding hydrogens is 324 g/mol. The van der Waals surface area contributed by atoms with E-state index in [0.29, 0.717) is 5.52 Å². The summed E-state index contributed by atoms with van der Waals surface area (Å²) >= 11 is 1.62. The summed E-state index contributed by atoms with van der Waals surface area (Å²) in [5.41, 5.74) is 3.19. The molecule has 0 fully saturated rings. The average Bonchev–Trinajstić information content (AvgIpc) is 3.26. The molecule has 0 aliphatic carbocycles. The highest BCUT2D eigenvalue weighted by Gasteiger charge is 2.14. The molecule has 0 N–H and O–H groups in total. The SMILES string of the molecule is Cc1nn(Cn2nnc3ccccc32)c(=O)c2cc3sccc3n12. The summed E-state index contributed by atoms with van der Waals surface area (Å²) in [6.07, 6.45) is 0. The third-order valence-corrected chi connectivity index (χ3v) is 5.01. The minimum Gasteiger partial charge on any atom is -0.291 e. The third-order valence-electron chi connectivity index (χ3n) is 4.15. The van der Waals surface area contributed by atoms with Crippen LogP contribution in [0.3, 0.4) is 0 Å². The zero-order valence-corrected chi connectivity index (χ0v) is 13.6. The van der Waals surface area contributed by atoms with E-state index in [9.17, 15) is 4.79 Å². The van der Waals surface area contributed by atoms with Crippen molar-refractivity contribution >= 4 is 38.1 Å². The molecule has 0 saturated heterocycles. The van der Waals surface area contributed by atoms with E-state index in [1.54, 1.807) is 16.0 Å².